The van der Waals surface area contributed by atoms with Crippen molar-refractivity contribution in [3.63, 3.8) is 0 Å². The second-order valence-electron chi connectivity index (χ2n) is 6.44. The molecule has 29 heavy (non-hydrogen) atoms. The van der Waals surface area contributed by atoms with Crippen molar-refractivity contribution < 1.29 is 13.8 Å². The molecule has 1 aromatic carbocycles. The zero-order valence-corrected chi connectivity index (χ0v) is 15.6. The van der Waals surface area contributed by atoms with E-state index in [4.69, 9.17) is 4.52 Å². The maximum absolute atomic E-state index is 12.4. The Morgan fingerprint density at radius 3 is 2.79 bits per heavy atom. The minimum absolute atomic E-state index is 0.265. The van der Waals surface area contributed by atoms with E-state index in [0.29, 0.717) is 42.4 Å². The number of benzene rings is 1. The molecule has 3 heterocycles. The van der Waals surface area contributed by atoms with Crippen LogP contribution in [-0.4, -0.2) is 37.3 Å². The van der Waals surface area contributed by atoms with Gasteiger partial charge in [0.15, 0.2) is 11.6 Å². The van der Waals surface area contributed by atoms with Gasteiger partial charge in [0, 0.05) is 38.2 Å². The van der Waals surface area contributed by atoms with Crippen molar-refractivity contribution in [1.82, 2.24) is 30.2 Å². The topological polar surface area (TPSA) is 132 Å². The molecule has 0 spiro atoms. The van der Waals surface area contributed by atoms with Gasteiger partial charge in [-0.2, -0.15) is 4.98 Å². The summed E-state index contributed by atoms with van der Waals surface area (Å²) in [5.74, 6) is 0.409. The van der Waals surface area contributed by atoms with Crippen molar-refractivity contribution in [2.75, 3.05) is 6.54 Å². The molecular formula is C19H18N6O4. The van der Waals surface area contributed by atoms with Gasteiger partial charge in [-0.15, -0.1) is 0 Å². The molecule has 0 aliphatic rings. The van der Waals surface area contributed by atoms with E-state index in [-0.39, 0.29) is 11.7 Å². The Labute approximate surface area is 164 Å². The zero-order chi connectivity index (χ0) is 20.2. The summed E-state index contributed by atoms with van der Waals surface area (Å²) in [7, 11) is 1.73. The van der Waals surface area contributed by atoms with Crippen LogP contribution in [0.5, 0.6) is 0 Å². The molecule has 1 amide bonds. The summed E-state index contributed by atoms with van der Waals surface area (Å²) in [5.41, 5.74) is 2.09. The van der Waals surface area contributed by atoms with Gasteiger partial charge in [-0.3, -0.25) is 14.3 Å². The molecular weight excluding hydrogens is 376 g/mol. The molecule has 0 aliphatic carbocycles. The minimum atomic E-state index is -0.652. The SMILES string of the molecule is Cn1cc(-c2noc(=O)[nH]2)cc1C(=O)NCCc1nc(Cc2ccccc2)no1. The number of amides is 1. The van der Waals surface area contributed by atoms with Gasteiger partial charge in [-0.05, 0) is 11.6 Å². The number of rotatable bonds is 7. The second-order valence-corrected chi connectivity index (χ2v) is 6.44. The van der Waals surface area contributed by atoms with E-state index in [0.717, 1.165) is 5.56 Å². The molecule has 0 fully saturated rings. The average Bonchev–Trinajstić information content (AvgIpc) is 3.43. The lowest BCUT2D eigenvalue weighted by molar-refractivity contribution is 0.0945. The van der Waals surface area contributed by atoms with Crippen LogP contribution in [0.4, 0.5) is 0 Å². The number of nitrogens with zero attached hydrogens (tertiary/aromatic N) is 4. The van der Waals surface area contributed by atoms with Gasteiger partial charge < -0.3 is 14.4 Å². The number of aromatic nitrogens is 5. The molecule has 0 unspecified atom stereocenters. The highest BCUT2D eigenvalue weighted by molar-refractivity contribution is 5.94. The zero-order valence-electron chi connectivity index (χ0n) is 15.6. The summed E-state index contributed by atoms with van der Waals surface area (Å²) in [6.07, 6.45) is 2.69. The molecule has 4 rings (SSSR count). The standard InChI is InChI=1S/C19H18N6O4/c1-25-11-13(17-22-19(27)29-24-17)10-14(25)18(26)20-8-7-16-21-15(23-28-16)9-12-5-3-2-4-6-12/h2-6,10-11H,7-9H2,1H3,(H,20,26)(H,22,24,27). The van der Waals surface area contributed by atoms with Gasteiger partial charge >= 0.3 is 5.76 Å². The summed E-state index contributed by atoms with van der Waals surface area (Å²) >= 11 is 0. The molecule has 4 aromatic rings. The fraction of sp³-hybridized carbons (Fsp3) is 0.211. The highest BCUT2D eigenvalue weighted by atomic mass is 16.5. The number of hydrogen-bond donors (Lipinski definition) is 2. The maximum atomic E-state index is 12.4. The van der Waals surface area contributed by atoms with Gasteiger partial charge in [0.2, 0.25) is 5.89 Å². The van der Waals surface area contributed by atoms with E-state index >= 15 is 0 Å². The molecule has 10 nitrogen and oxygen atoms in total. The van der Waals surface area contributed by atoms with Crippen LogP contribution in [0.2, 0.25) is 0 Å². The van der Waals surface area contributed by atoms with Gasteiger partial charge in [0.25, 0.3) is 5.91 Å². The van der Waals surface area contributed by atoms with E-state index in [1.807, 2.05) is 30.3 Å². The van der Waals surface area contributed by atoms with Gasteiger partial charge in [-0.25, -0.2) is 4.79 Å². The summed E-state index contributed by atoms with van der Waals surface area (Å²) in [6.45, 7) is 0.340. The summed E-state index contributed by atoms with van der Waals surface area (Å²) in [4.78, 5) is 30.3. The Morgan fingerprint density at radius 2 is 2.03 bits per heavy atom. The van der Waals surface area contributed by atoms with Crippen LogP contribution >= 0.6 is 0 Å². The molecule has 0 saturated carbocycles. The number of carbonyl (C=O) groups is 1. The van der Waals surface area contributed by atoms with E-state index in [2.05, 4.69) is 30.1 Å². The second kappa shape index (κ2) is 7.97. The fourth-order valence-corrected chi connectivity index (χ4v) is 2.89. The Kier molecular flexibility index (Phi) is 5.06. The summed E-state index contributed by atoms with van der Waals surface area (Å²) < 4.78 is 11.4. The molecule has 148 valence electrons. The largest absolute Gasteiger partial charge is 0.439 e. The van der Waals surface area contributed by atoms with Crippen LogP contribution in [-0.2, 0) is 19.9 Å². The van der Waals surface area contributed by atoms with Gasteiger partial charge in [0.1, 0.15) is 5.69 Å². The highest BCUT2D eigenvalue weighted by Gasteiger charge is 2.15. The van der Waals surface area contributed by atoms with Crippen LogP contribution in [0, 0.1) is 0 Å². The molecule has 10 heteroatoms. The third kappa shape index (κ3) is 4.32. The lowest BCUT2D eigenvalue weighted by Crippen LogP contribution is -2.27. The molecule has 0 atom stereocenters. The third-order valence-electron chi connectivity index (χ3n) is 4.29. The third-order valence-corrected chi connectivity index (χ3v) is 4.29. The number of H-pyrrole nitrogens is 1. The number of aromatic amines is 1. The monoisotopic (exact) mass is 394 g/mol. The first-order valence-corrected chi connectivity index (χ1v) is 8.95. The normalized spacial score (nSPS) is 10.9. The predicted molar refractivity (Wildman–Crippen MR) is 101 cm³/mol. The van der Waals surface area contributed by atoms with Crippen LogP contribution in [0.15, 0.2) is 56.4 Å². The van der Waals surface area contributed by atoms with E-state index in [1.165, 1.54) is 0 Å². The Hall–Kier alpha value is -3.95. The summed E-state index contributed by atoms with van der Waals surface area (Å²) in [5, 5.41) is 10.4. The van der Waals surface area contributed by atoms with E-state index in [9.17, 15) is 9.59 Å². The quantitative estimate of drug-likeness (QED) is 0.483. The van der Waals surface area contributed by atoms with Crippen molar-refractivity contribution in [2.45, 2.75) is 12.8 Å². The van der Waals surface area contributed by atoms with Crippen molar-refractivity contribution >= 4 is 5.91 Å². The number of aryl methyl sites for hydroxylation is 1. The highest BCUT2D eigenvalue weighted by Crippen LogP contribution is 2.17. The van der Waals surface area contributed by atoms with E-state index < -0.39 is 5.76 Å². The predicted octanol–water partition coefficient (Wildman–Crippen LogP) is 1.31. The Bertz CT molecular complexity index is 1170. The van der Waals surface area contributed by atoms with Crippen LogP contribution in [0.25, 0.3) is 11.4 Å². The molecule has 0 bridgehead atoms. The lowest BCUT2D eigenvalue weighted by atomic mass is 10.1. The van der Waals surface area contributed by atoms with Crippen molar-refractivity contribution in [1.29, 1.82) is 0 Å². The molecule has 0 saturated heterocycles. The number of nitrogens with one attached hydrogen (secondary N) is 2. The average molecular weight is 394 g/mol. The van der Waals surface area contributed by atoms with Crippen molar-refractivity contribution in [2.24, 2.45) is 7.05 Å². The number of hydrogen-bond acceptors (Lipinski definition) is 7. The van der Waals surface area contributed by atoms with Crippen molar-refractivity contribution in [3.8, 4) is 11.4 Å². The minimum Gasteiger partial charge on any atom is -0.350 e. The van der Waals surface area contributed by atoms with E-state index in [1.54, 1.807) is 23.9 Å². The molecule has 3 aromatic heterocycles. The Balaban J connectivity index is 1.32. The molecule has 0 aliphatic heterocycles. The first-order chi connectivity index (χ1) is 14.1. The van der Waals surface area contributed by atoms with Crippen molar-refractivity contribution in [3.05, 3.63) is 76.1 Å². The summed E-state index contributed by atoms with van der Waals surface area (Å²) in [6, 6.07) is 11.5. The van der Waals surface area contributed by atoms with Crippen LogP contribution in [0.1, 0.15) is 27.8 Å². The first kappa shape index (κ1) is 18.4. The lowest BCUT2D eigenvalue weighted by Gasteiger charge is -2.04. The van der Waals surface area contributed by atoms with Crippen LogP contribution < -0.4 is 11.1 Å². The van der Waals surface area contributed by atoms with Crippen LogP contribution in [0.3, 0.4) is 0 Å². The molecule has 0 radical (unpaired) electrons. The smallest absolute Gasteiger partial charge is 0.350 e. The van der Waals surface area contributed by atoms with Gasteiger partial charge in [-0.1, -0.05) is 40.6 Å². The van der Waals surface area contributed by atoms with Gasteiger partial charge in [0.05, 0.1) is 0 Å². The maximum Gasteiger partial charge on any atom is 0.439 e. The molecule has 2 N–H and O–H groups in total. The number of carbonyl (C=O) groups excluding carboxylic acids is 1. The Morgan fingerprint density at radius 1 is 1.21 bits per heavy atom. The fourth-order valence-electron chi connectivity index (χ4n) is 2.89. The first-order valence-electron chi connectivity index (χ1n) is 8.95.